The third kappa shape index (κ3) is 3.73. The van der Waals surface area contributed by atoms with Gasteiger partial charge in [-0.25, -0.2) is 0 Å². The first-order valence-corrected chi connectivity index (χ1v) is 8.03. The fraction of sp³-hybridized carbons (Fsp3) is 0.267. The van der Waals surface area contributed by atoms with Crippen LogP contribution in [0.1, 0.15) is 17.0 Å². The van der Waals surface area contributed by atoms with Gasteiger partial charge in [0.2, 0.25) is 0 Å². The third-order valence-electron chi connectivity index (χ3n) is 2.77. The van der Waals surface area contributed by atoms with Gasteiger partial charge in [-0.3, -0.25) is 4.98 Å². The topological polar surface area (TPSA) is 31.4 Å². The fourth-order valence-electron chi connectivity index (χ4n) is 1.86. The molecule has 1 aromatic carbocycles. The van der Waals surface area contributed by atoms with Crippen LogP contribution in [0.2, 0.25) is 0 Å². The Morgan fingerprint density at radius 3 is 2.75 bits per heavy atom. The average Bonchev–Trinajstić information content (AvgIpc) is 2.45. The second-order valence-electron chi connectivity index (χ2n) is 4.29. The Kier molecular flexibility index (Phi) is 5.43. The summed E-state index contributed by atoms with van der Waals surface area (Å²) in [7, 11) is 1.65. The molecule has 0 unspecified atom stereocenters. The molecule has 2 rings (SSSR count). The molecule has 0 aliphatic carbocycles. The van der Waals surface area contributed by atoms with Crippen LogP contribution in [-0.4, -0.2) is 12.1 Å². The number of methoxy groups -OCH3 is 1. The third-order valence-corrected chi connectivity index (χ3v) is 4.00. The lowest BCUT2D eigenvalue weighted by Gasteiger charge is -2.12. The zero-order valence-electron chi connectivity index (χ0n) is 11.3. The minimum absolute atomic E-state index is 0.403. The number of hydrogen-bond acceptors (Lipinski definition) is 3. The lowest BCUT2D eigenvalue weighted by molar-refractivity contribution is 0.295. The van der Waals surface area contributed by atoms with Gasteiger partial charge in [-0.1, -0.05) is 28.1 Å². The summed E-state index contributed by atoms with van der Waals surface area (Å²) < 4.78 is 12.1. The molecule has 5 heteroatoms. The monoisotopic (exact) mass is 399 g/mol. The van der Waals surface area contributed by atoms with Gasteiger partial charge in [-0.15, -0.1) is 0 Å². The molecule has 0 spiro atoms. The van der Waals surface area contributed by atoms with Gasteiger partial charge in [-0.2, -0.15) is 0 Å². The Balaban J connectivity index is 2.19. The second kappa shape index (κ2) is 7.09. The van der Waals surface area contributed by atoms with E-state index in [0.717, 1.165) is 38.3 Å². The van der Waals surface area contributed by atoms with E-state index in [1.165, 1.54) is 0 Å². The van der Waals surface area contributed by atoms with E-state index in [4.69, 9.17) is 9.47 Å². The lowest BCUT2D eigenvalue weighted by Crippen LogP contribution is -2.02. The van der Waals surface area contributed by atoms with Crippen LogP contribution in [0.5, 0.6) is 11.5 Å². The number of aromatic nitrogens is 1. The van der Waals surface area contributed by atoms with Crippen molar-refractivity contribution in [2.75, 3.05) is 7.11 Å². The van der Waals surface area contributed by atoms with Gasteiger partial charge in [0, 0.05) is 28.7 Å². The predicted octanol–water partition coefficient (Wildman–Crippen LogP) is 4.64. The van der Waals surface area contributed by atoms with Crippen LogP contribution in [0, 0.1) is 6.92 Å². The molecule has 0 aliphatic heterocycles. The van der Waals surface area contributed by atoms with Crippen molar-refractivity contribution in [3.8, 4) is 11.5 Å². The number of rotatable bonds is 5. The highest BCUT2D eigenvalue weighted by Crippen LogP contribution is 2.31. The maximum absolute atomic E-state index is 5.90. The molecule has 0 bridgehead atoms. The molecule has 0 amide bonds. The number of para-hydroxylation sites is 1. The van der Waals surface area contributed by atoms with Crippen LogP contribution >= 0.6 is 31.9 Å². The maximum Gasteiger partial charge on any atom is 0.138 e. The standard InChI is InChI=1S/C15H15Br2NO2/c1-10-6-13(19-2)7-12(18-10)9-20-15-11(8-16)4-3-5-14(15)17/h3-7H,8-9H2,1-2H3. The lowest BCUT2D eigenvalue weighted by atomic mass is 10.2. The van der Waals surface area contributed by atoms with Crippen molar-refractivity contribution in [2.45, 2.75) is 18.9 Å². The Morgan fingerprint density at radius 1 is 1.25 bits per heavy atom. The highest BCUT2D eigenvalue weighted by molar-refractivity contribution is 9.10. The van der Waals surface area contributed by atoms with E-state index in [9.17, 15) is 0 Å². The number of alkyl halides is 1. The van der Waals surface area contributed by atoms with Crippen molar-refractivity contribution in [1.29, 1.82) is 0 Å². The molecular formula is C15H15Br2NO2. The van der Waals surface area contributed by atoms with Crippen molar-refractivity contribution in [3.63, 3.8) is 0 Å². The summed E-state index contributed by atoms with van der Waals surface area (Å²) in [5.74, 6) is 1.63. The summed E-state index contributed by atoms with van der Waals surface area (Å²) in [6.45, 7) is 2.34. The average molecular weight is 401 g/mol. The summed E-state index contributed by atoms with van der Waals surface area (Å²) in [4.78, 5) is 4.45. The Bertz CT molecular complexity index is 602. The van der Waals surface area contributed by atoms with Gasteiger partial charge >= 0.3 is 0 Å². The summed E-state index contributed by atoms with van der Waals surface area (Å²) in [5, 5.41) is 0.742. The van der Waals surface area contributed by atoms with E-state index < -0.39 is 0 Å². The van der Waals surface area contributed by atoms with Crippen LogP contribution < -0.4 is 9.47 Å². The fourth-order valence-corrected chi connectivity index (χ4v) is 2.82. The summed E-state index contributed by atoms with van der Waals surface area (Å²) >= 11 is 6.98. The van der Waals surface area contributed by atoms with Gasteiger partial charge in [0.15, 0.2) is 0 Å². The minimum Gasteiger partial charge on any atom is -0.497 e. The van der Waals surface area contributed by atoms with E-state index in [1.807, 2.05) is 37.3 Å². The molecule has 0 saturated carbocycles. The van der Waals surface area contributed by atoms with Crippen LogP contribution in [0.15, 0.2) is 34.8 Å². The minimum atomic E-state index is 0.403. The van der Waals surface area contributed by atoms with Crippen LogP contribution in [0.4, 0.5) is 0 Å². The van der Waals surface area contributed by atoms with E-state index in [2.05, 4.69) is 36.8 Å². The number of pyridine rings is 1. The van der Waals surface area contributed by atoms with Gasteiger partial charge in [0.25, 0.3) is 0 Å². The van der Waals surface area contributed by atoms with Crippen LogP contribution in [-0.2, 0) is 11.9 Å². The summed E-state index contributed by atoms with van der Waals surface area (Å²) in [6, 6.07) is 9.76. The van der Waals surface area contributed by atoms with E-state index in [-0.39, 0.29) is 0 Å². The molecule has 20 heavy (non-hydrogen) atoms. The van der Waals surface area contributed by atoms with Gasteiger partial charge in [0.05, 0.1) is 17.3 Å². The van der Waals surface area contributed by atoms with E-state index in [0.29, 0.717) is 6.61 Å². The summed E-state index contributed by atoms with van der Waals surface area (Å²) in [6.07, 6.45) is 0. The maximum atomic E-state index is 5.90. The van der Waals surface area contributed by atoms with Gasteiger partial charge in [0.1, 0.15) is 18.1 Å². The Labute approximate surface area is 135 Å². The normalized spacial score (nSPS) is 10.4. The molecule has 0 atom stereocenters. The Morgan fingerprint density at radius 2 is 2.05 bits per heavy atom. The number of halogens is 2. The zero-order chi connectivity index (χ0) is 14.5. The van der Waals surface area contributed by atoms with Crippen LogP contribution in [0.3, 0.4) is 0 Å². The summed E-state index contributed by atoms with van der Waals surface area (Å²) in [5.41, 5.74) is 2.85. The van der Waals surface area contributed by atoms with Crippen molar-refractivity contribution < 1.29 is 9.47 Å². The zero-order valence-corrected chi connectivity index (χ0v) is 14.5. The van der Waals surface area contributed by atoms with Crippen LogP contribution in [0.25, 0.3) is 0 Å². The molecule has 1 aromatic heterocycles. The molecule has 1 heterocycles. The largest absolute Gasteiger partial charge is 0.497 e. The molecule has 0 N–H and O–H groups in total. The highest BCUT2D eigenvalue weighted by Gasteiger charge is 2.08. The van der Waals surface area contributed by atoms with Crippen molar-refractivity contribution in [1.82, 2.24) is 4.98 Å². The van der Waals surface area contributed by atoms with Gasteiger partial charge < -0.3 is 9.47 Å². The molecule has 3 nitrogen and oxygen atoms in total. The molecule has 2 aromatic rings. The first-order valence-electron chi connectivity index (χ1n) is 6.11. The molecule has 0 radical (unpaired) electrons. The smallest absolute Gasteiger partial charge is 0.138 e. The molecule has 0 saturated heterocycles. The second-order valence-corrected chi connectivity index (χ2v) is 5.71. The number of hydrogen-bond donors (Lipinski definition) is 0. The number of ether oxygens (including phenoxy) is 2. The predicted molar refractivity (Wildman–Crippen MR) is 86.6 cm³/mol. The van der Waals surface area contributed by atoms with Crippen molar-refractivity contribution >= 4 is 31.9 Å². The van der Waals surface area contributed by atoms with E-state index in [1.54, 1.807) is 7.11 Å². The van der Waals surface area contributed by atoms with Gasteiger partial charge in [-0.05, 0) is 28.9 Å². The Hall–Kier alpha value is -1.07. The highest BCUT2D eigenvalue weighted by atomic mass is 79.9. The first kappa shape index (κ1) is 15.3. The quantitative estimate of drug-likeness (QED) is 0.685. The number of aryl methyl sites for hydroxylation is 1. The first-order chi connectivity index (χ1) is 9.63. The molecule has 0 aliphatic rings. The molecule has 106 valence electrons. The van der Waals surface area contributed by atoms with E-state index >= 15 is 0 Å². The number of nitrogens with zero attached hydrogens (tertiary/aromatic N) is 1. The SMILES string of the molecule is COc1cc(C)nc(COc2c(Br)cccc2CBr)c1. The molecule has 0 fully saturated rings. The number of benzene rings is 1. The molecular weight excluding hydrogens is 386 g/mol. The van der Waals surface area contributed by atoms with Crippen molar-refractivity contribution in [3.05, 3.63) is 51.8 Å². The van der Waals surface area contributed by atoms with Crippen molar-refractivity contribution in [2.24, 2.45) is 0 Å².